The number of hydrogen-bond donors (Lipinski definition) is 0. The van der Waals surface area contributed by atoms with Gasteiger partial charge in [-0.15, -0.1) is 0 Å². The molecule has 5 rings (SSSR count). The number of thioether (sulfide) groups is 1. The smallest absolute Gasteiger partial charge is 0.293 e. The van der Waals surface area contributed by atoms with Crippen molar-refractivity contribution in [2.75, 3.05) is 13.2 Å². The Morgan fingerprint density at radius 3 is 2.47 bits per heavy atom. The van der Waals surface area contributed by atoms with Crippen LogP contribution in [0.3, 0.4) is 0 Å². The lowest BCUT2D eigenvalue weighted by molar-refractivity contribution is -0.385. The maximum atomic E-state index is 13.0. The highest BCUT2D eigenvalue weighted by atomic mass is 32.2. The summed E-state index contributed by atoms with van der Waals surface area (Å²) in [5.74, 6) is 0.309. The van der Waals surface area contributed by atoms with Crippen molar-refractivity contribution in [3.05, 3.63) is 111 Å². The molecule has 0 spiro atoms. The third-order valence-electron chi connectivity index (χ3n) is 5.84. The summed E-state index contributed by atoms with van der Waals surface area (Å²) in [4.78, 5) is 38.1. The number of carbonyl (C=O) groups excluding carboxylic acids is 2. The van der Waals surface area contributed by atoms with E-state index >= 15 is 0 Å². The SMILES string of the molecule is O=C1S/C(=C\c2cn(Cc3ccccc3[N+](=O)[O-])c3ccccc23)C(=O)N1CCOc1ccccc1. The molecule has 3 aromatic carbocycles. The van der Waals surface area contributed by atoms with E-state index in [9.17, 15) is 19.7 Å². The van der Waals surface area contributed by atoms with Gasteiger partial charge in [0.05, 0.1) is 22.9 Å². The van der Waals surface area contributed by atoms with Gasteiger partial charge in [0, 0.05) is 34.3 Å². The molecule has 0 N–H and O–H groups in total. The number of nitrogens with zero attached hydrogens (tertiary/aromatic N) is 3. The van der Waals surface area contributed by atoms with Gasteiger partial charge >= 0.3 is 0 Å². The van der Waals surface area contributed by atoms with E-state index in [4.69, 9.17) is 4.74 Å². The van der Waals surface area contributed by atoms with E-state index in [1.807, 2.05) is 65.4 Å². The van der Waals surface area contributed by atoms with E-state index < -0.39 is 0 Å². The molecule has 0 bridgehead atoms. The van der Waals surface area contributed by atoms with E-state index in [2.05, 4.69) is 0 Å². The lowest BCUT2D eigenvalue weighted by Crippen LogP contribution is -2.32. The fourth-order valence-electron chi connectivity index (χ4n) is 4.13. The molecule has 1 aliphatic rings. The number of rotatable bonds is 8. The molecule has 0 atom stereocenters. The number of hydrogen-bond acceptors (Lipinski definition) is 6. The second-order valence-corrected chi connectivity index (χ2v) is 9.10. The monoisotopic (exact) mass is 499 g/mol. The van der Waals surface area contributed by atoms with Gasteiger partial charge in [0.2, 0.25) is 0 Å². The van der Waals surface area contributed by atoms with Gasteiger partial charge in [-0.1, -0.05) is 54.6 Å². The van der Waals surface area contributed by atoms with Crippen molar-refractivity contribution in [3.63, 3.8) is 0 Å². The molecule has 0 radical (unpaired) electrons. The Bertz CT molecular complexity index is 1500. The first-order chi connectivity index (χ1) is 17.5. The Labute approximate surface area is 210 Å². The van der Waals surface area contributed by atoms with Crippen LogP contribution in [0.15, 0.2) is 90.0 Å². The molecule has 0 unspecified atom stereocenters. The van der Waals surface area contributed by atoms with Gasteiger partial charge in [0.1, 0.15) is 12.4 Å². The number of fused-ring (bicyclic) bond motifs is 1. The summed E-state index contributed by atoms with van der Waals surface area (Å²) in [7, 11) is 0. The molecule has 2 heterocycles. The van der Waals surface area contributed by atoms with Crippen LogP contribution in [0.25, 0.3) is 17.0 Å². The van der Waals surface area contributed by atoms with Crippen molar-refractivity contribution in [1.29, 1.82) is 0 Å². The van der Waals surface area contributed by atoms with Crippen LogP contribution in [0, 0.1) is 10.1 Å². The van der Waals surface area contributed by atoms with Gasteiger partial charge in [-0.3, -0.25) is 24.6 Å². The first kappa shape index (κ1) is 23.4. The fourth-order valence-corrected chi connectivity index (χ4v) is 4.99. The van der Waals surface area contributed by atoms with Crippen molar-refractivity contribution in [3.8, 4) is 5.75 Å². The first-order valence-corrected chi connectivity index (χ1v) is 12.1. The van der Waals surface area contributed by atoms with Crippen molar-refractivity contribution < 1.29 is 19.2 Å². The number of para-hydroxylation sites is 3. The Balaban J connectivity index is 1.39. The molecule has 4 aromatic rings. The maximum absolute atomic E-state index is 13.0. The predicted octanol–water partition coefficient (Wildman–Crippen LogP) is 5.71. The second-order valence-electron chi connectivity index (χ2n) is 8.11. The van der Waals surface area contributed by atoms with Gasteiger partial charge in [-0.2, -0.15) is 0 Å². The van der Waals surface area contributed by atoms with Crippen molar-refractivity contribution in [2.24, 2.45) is 0 Å². The number of imide groups is 1. The van der Waals surface area contributed by atoms with E-state index in [0.717, 1.165) is 28.2 Å². The van der Waals surface area contributed by atoms with E-state index in [-0.39, 0.29) is 34.9 Å². The molecule has 8 nitrogen and oxygen atoms in total. The highest BCUT2D eigenvalue weighted by molar-refractivity contribution is 8.18. The van der Waals surface area contributed by atoms with Crippen LogP contribution in [0.5, 0.6) is 5.75 Å². The predicted molar refractivity (Wildman–Crippen MR) is 139 cm³/mol. The Morgan fingerprint density at radius 1 is 0.944 bits per heavy atom. The van der Waals surface area contributed by atoms with Crippen molar-refractivity contribution in [1.82, 2.24) is 9.47 Å². The van der Waals surface area contributed by atoms with E-state index in [1.54, 1.807) is 24.3 Å². The Morgan fingerprint density at radius 2 is 1.67 bits per heavy atom. The lowest BCUT2D eigenvalue weighted by Gasteiger charge is -2.13. The molecule has 1 fully saturated rings. The summed E-state index contributed by atoms with van der Waals surface area (Å²) in [5, 5.41) is 12.0. The van der Waals surface area contributed by atoms with Crippen LogP contribution in [-0.2, 0) is 11.3 Å². The third kappa shape index (κ3) is 4.73. The van der Waals surface area contributed by atoms with Crippen LogP contribution in [0.2, 0.25) is 0 Å². The molecule has 1 aromatic heterocycles. The number of carbonyl (C=O) groups is 2. The summed E-state index contributed by atoms with van der Waals surface area (Å²) in [6.07, 6.45) is 3.56. The first-order valence-electron chi connectivity index (χ1n) is 11.2. The highest BCUT2D eigenvalue weighted by Crippen LogP contribution is 2.34. The van der Waals surface area contributed by atoms with Gasteiger partial charge < -0.3 is 9.30 Å². The summed E-state index contributed by atoms with van der Waals surface area (Å²) >= 11 is 0.895. The topological polar surface area (TPSA) is 94.7 Å². The standard InChI is InChI=1S/C27H21N3O5S/c31-26-25(36-27(32)29(26)14-15-35-21-9-2-1-3-10-21)16-20-18-28(24-13-7-5-11-22(20)24)17-19-8-4-6-12-23(19)30(33)34/h1-13,16,18H,14-15,17H2/b25-16-. The molecule has 2 amide bonds. The second kappa shape index (κ2) is 10.1. The van der Waals surface area contributed by atoms with Crippen LogP contribution >= 0.6 is 11.8 Å². The summed E-state index contributed by atoms with van der Waals surface area (Å²) in [6.45, 7) is 0.643. The van der Waals surface area contributed by atoms with Crippen LogP contribution in [-0.4, -0.2) is 38.7 Å². The number of amides is 2. The minimum Gasteiger partial charge on any atom is -0.492 e. The quantitative estimate of drug-likeness (QED) is 0.175. The minimum absolute atomic E-state index is 0.0515. The zero-order valence-corrected chi connectivity index (χ0v) is 19.9. The van der Waals surface area contributed by atoms with Gasteiger partial charge in [0.25, 0.3) is 16.8 Å². The average molecular weight is 500 g/mol. The Kier molecular flexibility index (Phi) is 6.55. The number of nitro groups is 1. The van der Waals surface area contributed by atoms with Crippen LogP contribution in [0.4, 0.5) is 10.5 Å². The lowest BCUT2D eigenvalue weighted by atomic mass is 10.1. The van der Waals surface area contributed by atoms with Crippen LogP contribution < -0.4 is 4.74 Å². The summed E-state index contributed by atoms with van der Waals surface area (Å²) in [6, 6.07) is 23.5. The number of aromatic nitrogens is 1. The van der Waals surface area contributed by atoms with E-state index in [0.29, 0.717) is 22.8 Å². The third-order valence-corrected chi connectivity index (χ3v) is 6.74. The molecule has 0 saturated carbocycles. The van der Waals surface area contributed by atoms with Gasteiger partial charge in [-0.05, 0) is 36.0 Å². The summed E-state index contributed by atoms with van der Waals surface area (Å²) in [5.41, 5.74) is 2.26. The zero-order valence-electron chi connectivity index (χ0n) is 19.1. The zero-order chi connectivity index (χ0) is 25.1. The average Bonchev–Trinajstić information content (AvgIpc) is 3.36. The molecule has 9 heteroatoms. The van der Waals surface area contributed by atoms with Gasteiger partial charge in [-0.25, -0.2) is 0 Å². The number of ether oxygens (including phenoxy) is 1. The van der Waals surface area contributed by atoms with Crippen molar-refractivity contribution in [2.45, 2.75) is 6.54 Å². The molecular weight excluding hydrogens is 478 g/mol. The maximum Gasteiger partial charge on any atom is 0.293 e. The largest absolute Gasteiger partial charge is 0.492 e. The van der Waals surface area contributed by atoms with Crippen molar-refractivity contribution >= 4 is 45.6 Å². The molecule has 180 valence electrons. The number of nitro benzene ring substituents is 1. The van der Waals surface area contributed by atoms with Gasteiger partial charge in [0.15, 0.2) is 0 Å². The molecule has 1 saturated heterocycles. The highest BCUT2D eigenvalue weighted by Gasteiger charge is 2.35. The molecule has 36 heavy (non-hydrogen) atoms. The van der Waals surface area contributed by atoms with Crippen LogP contribution in [0.1, 0.15) is 11.1 Å². The normalized spacial score (nSPS) is 14.7. The minimum atomic E-state index is -0.389. The van der Waals surface area contributed by atoms with E-state index in [1.165, 1.54) is 11.0 Å². The fraction of sp³-hybridized carbons (Fsp3) is 0.111. The molecule has 1 aliphatic heterocycles. The molecular formula is C27H21N3O5S. The molecule has 0 aliphatic carbocycles. The Hall–Kier alpha value is -4.37. The number of benzene rings is 3. The summed E-state index contributed by atoms with van der Waals surface area (Å²) < 4.78 is 7.55.